The van der Waals surface area contributed by atoms with Gasteiger partial charge in [-0.3, -0.25) is 0 Å². The van der Waals surface area contributed by atoms with Crippen LogP contribution in [0.1, 0.15) is 20.8 Å². The van der Waals surface area contributed by atoms with E-state index >= 15 is 0 Å². The molecule has 0 aromatic heterocycles. The van der Waals surface area contributed by atoms with Crippen molar-refractivity contribution in [2.45, 2.75) is 26.8 Å². The summed E-state index contributed by atoms with van der Waals surface area (Å²) in [6, 6.07) is 0.353. The SMILES string of the molecule is C=C(C)ONC(C)C. The highest BCUT2D eigenvalue weighted by atomic mass is 16.6. The van der Waals surface area contributed by atoms with Gasteiger partial charge in [-0.15, -0.1) is 0 Å². The predicted octanol–water partition coefficient (Wildman–Crippen LogP) is 1.45. The quantitative estimate of drug-likeness (QED) is 0.444. The van der Waals surface area contributed by atoms with Gasteiger partial charge in [0.05, 0.1) is 0 Å². The van der Waals surface area contributed by atoms with Crippen molar-refractivity contribution in [2.75, 3.05) is 0 Å². The van der Waals surface area contributed by atoms with Crippen molar-refractivity contribution in [3.63, 3.8) is 0 Å². The van der Waals surface area contributed by atoms with Crippen LogP contribution in [0.2, 0.25) is 0 Å². The van der Waals surface area contributed by atoms with Crippen LogP contribution in [0.4, 0.5) is 0 Å². The Morgan fingerprint density at radius 2 is 2.12 bits per heavy atom. The van der Waals surface area contributed by atoms with Gasteiger partial charge in [-0.2, -0.15) is 5.48 Å². The molecule has 0 saturated heterocycles. The molecule has 0 aliphatic carbocycles. The number of hydroxylamine groups is 1. The van der Waals surface area contributed by atoms with Gasteiger partial charge in [-0.25, -0.2) is 0 Å². The maximum absolute atomic E-state index is 4.86. The van der Waals surface area contributed by atoms with Crippen LogP contribution in [0.5, 0.6) is 0 Å². The van der Waals surface area contributed by atoms with E-state index < -0.39 is 0 Å². The molecule has 0 spiro atoms. The van der Waals surface area contributed by atoms with E-state index in [-0.39, 0.29) is 0 Å². The summed E-state index contributed by atoms with van der Waals surface area (Å²) in [4.78, 5) is 4.86. The molecular formula is C6H13NO. The van der Waals surface area contributed by atoms with E-state index in [4.69, 9.17) is 4.84 Å². The van der Waals surface area contributed by atoms with Crippen molar-refractivity contribution in [3.8, 4) is 0 Å². The van der Waals surface area contributed by atoms with Gasteiger partial charge in [0, 0.05) is 6.04 Å². The molecule has 0 atom stereocenters. The molecule has 0 unspecified atom stereocenters. The minimum Gasteiger partial charge on any atom is -0.414 e. The lowest BCUT2D eigenvalue weighted by Crippen LogP contribution is -2.21. The second kappa shape index (κ2) is 3.50. The molecule has 2 heteroatoms. The van der Waals surface area contributed by atoms with Crippen LogP contribution in [0.25, 0.3) is 0 Å². The molecular weight excluding hydrogens is 102 g/mol. The zero-order valence-electron chi connectivity index (χ0n) is 5.69. The average molecular weight is 115 g/mol. The number of allylic oxidation sites excluding steroid dienone is 1. The lowest BCUT2D eigenvalue weighted by Gasteiger charge is -2.07. The molecule has 0 aliphatic heterocycles. The minimum atomic E-state index is 0.353. The molecule has 0 rings (SSSR count). The van der Waals surface area contributed by atoms with E-state index in [2.05, 4.69) is 12.1 Å². The van der Waals surface area contributed by atoms with E-state index in [0.717, 1.165) is 0 Å². The lowest BCUT2D eigenvalue weighted by molar-refractivity contribution is 0.0864. The van der Waals surface area contributed by atoms with Gasteiger partial charge in [0.1, 0.15) is 5.76 Å². The molecule has 0 saturated carbocycles. The summed E-state index contributed by atoms with van der Waals surface area (Å²) >= 11 is 0. The van der Waals surface area contributed by atoms with Crippen molar-refractivity contribution >= 4 is 0 Å². The highest BCUT2D eigenvalue weighted by molar-refractivity contribution is 4.72. The molecule has 0 bridgehead atoms. The van der Waals surface area contributed by atoms with Crippen molar-refractivity contribution in [2.24, 2.45) is 0 Å². The molecule has 8 heavy (non-hydrogen) atoms. The van der Waals surface area contributed by atoms with E-state index in [0.29, 0.717) is 11.8 Å². The van der Waals surface area contributed by atoms with Crippen LogP contribution in [0.15, 0.2) is 12.3 Å². The zero-order chi connectivity index (χ0) is 6.57. The highest BCUT2D eigenvalue weighted by Gasteiger charge is 1.88. The fraction of sp³-hybridized carbons (Fsp3) is 0.667. The van der Waals surface area contributed by atoms with E-state index in [1.54, 1.807) is 6.92 Å². The molecule has 2 nitrogen and oxygen atoms in total. The van der Waals surface area contributed by atoms with Crippen LogP contribution in [0, 0.1) is 0 Å². The average Bonchev–Trinajstić information content (AvgIpc) is 1.61. The van der Waals surface area contributed by atoms with E-state index in [1.807, 2.05) is 13.8 Å². The molecule has 0 aliphatic rings. The molecule has 0 aromatic carbocycles. The standard InChI is InChI=1S/C6H13NO/c1-5(2)7-8-6(3)4/h5,7H,3H2,1-2,4H3. The fourth-order valence-electron chi connectivity index (χ4n) is 0.218. The third-order valence-electron chi connectivity index (χ3n) is 0.469. The summed E-state index contributed by atoms with van der Waals surface area (Å²) in [6.45, 7) is 9.35. The van der Waals surface area contributed by atoms with Crippen molar-refractivity contribution in [1.29, 1.82) is 0 Å². The third-order valence-corrected chi connectivity index (χ3v) is 0.469. The largest absolute Gasteiger partial charge is 0.414 e. The molecule has 1 N–H and O–H groups in total. The molecule has 0 amide bonds. The lowest BCUT2D eigenvalue weighted by atomic mass is 10.4. The molecule has 0 fully saturated rings. The first-order valence-corrected chi connectivity index (χ1v) is 2.71. The Balaban J connectivity index is 3.05. The van der Waals surface area contributed by atoms with Gasteiger partial charge in [-0.1, -0.05) is 6.58 Å². The first kappa shape index (κ1) is 7.50. The molecule has 0 radical (unpaired) electrons. The van der Waals surface area contributed by atoms with Gasteiger partial charge in [0.15, 0.2) is 0 Å². The number of hydrogen-bond donors (Lipinski definition) is 1. The maximum atomic E-state index is 4.86. The molecule has 0 heterocycles. The Kier molecular flexibility index (Phi) is 3.28. The molecule has 48 valence electrons. The summed E-state index contributed by atoms with van der Waals surface area (Å²) in [6.07, 6.45) is 0. The fourth-order valence-corrected chi connectivity index (χ4v) is 0.218. The Hall–Kier alpha value is -0.500. The second-order valence-electron chi connectivity index (χ2n) is 2.08. The maximum Gasteiger partial charge on any atom is 0.114 e. The van der Waals surface area contributed by atoms with Crippen LogP contribution in [0.3, 0.4) is 0 Å². The predicted molar refractivity (Wildman–Crippen MR) is 34.2 cm³/mol. The van der Waals surface area contributed by atoms with E-state index in [1.165, 1.54) is 0 Å². The van der Waals surface area contributed by atoms with Crippen LogP contribution in [-0.2, 0) is 4.84 Å². The summed E-state index contributed by atoms with van der Waals surface area (Å²) in [5.74, 6) is 0.693. The van der Waals surface area contributed by atoms with Gasteiger partial charge >= 0.3 is 0 Å². The number of rotatable bonds is 3. The topological polar surface area (TPSA) is 21.3 Å². The monoisotopic (exact) mass is 115 g/mol. The van der Waals surface area contributed by atoms with Crippen LogP contribution in [-0.4, -0.2) is 6.04 Å². The van der Waals surface area contributed by atoms with Gasteiger partial charge in [0.2, 0.25) is 0 Å². The third kappa shape index (κ3) is 5.50. The zero-order valence-corrected chi connectivity index (χ0v) is 5.69. The first-order chi connectivity index (χ1) is 3.63. The minimum absolute atomic E-state index is 0.353. The normalized spacial score (nSPS) is 9.50. The Morgan fingerprint density at radius 1 is 1.62 bits per heavy atom. The van der Waals surface area contributed by atoms with Crippen molar-refractivity contribution in [1.82, 2.24) is 5.48 Å². The Bertz CT molecular complexity index is 78.6. The summed E-state index contributed by atoms with van der Waals surface area (Å²) in [5.41, 5.74) is 2.75. The number of nitrogens with one attached hydrogen (secondary N) is 1. The Morgan fingerprint density at radius 3 is 2.25 bits per heavy atom. The first-order valence-electron chi connectivity index (χ1n) is 2.71. The summed E-state index contributed by atoms with van der Waals surface area (Å²) < 4.78 is 0. The second-order valence-corrected chi connectivity index (χ2v) is 2.08. The van der Waals surface area contributed by atoms with Crippen LogP contribution < -0.4 is 5.48 Å². The summed E-state index contributed by atoms with van der Waals surface area (Å²) in [7, 11) is 0. The summed E-state index contributed by atoms with van der Waals surface area (Å²) in [5, 5.41) is 0. The van der Waals surface area contributed by atoms with Crippen molar-refractivity contribution < 1.29 is 4.84 Å². The van der Waals surface area contributed by atoms with Crippen LogP contribution >= 0.6 is 0 Å². The number of hydrogen-bond acceptors (Lipinski definition) is 2. The smallest absolute Gasteiger partial charge is 0.114 e. The van der Waals surface area contributed by atoms with Gasteiger partial charge in [0.25, 0.3) is 0 Å². The highest BCUT2D eigenvalue weighted by Crippen LogP contribution is 1.86. The van der Waals surface area contributed by atoms with Gasteiger partial charge in [-0.05, 0) is 20.8 Å². The Labute approximate surface area is 50.5 Å². The van der Waals surface area contributed by atoms with Crippen molar-refractivity contribution in [3.05, 3.63) is 12.3 Å². The molecule has 0 aromatic rings. The van der Waals surface area contributed by atoms with E-state index in [9.17, 15) is 0 Å². The van der Waals surface area contributed by atoms with Gasteiger partial charge < -0.3 is 4.84 Å².